The molecule has 0 bridgehead atoms. The number of aromatic nitrogens is 1. The molecule has 2 aliphatic heterocycles. The van der Waals surface area contributed by atoms with Gasteiger partial charge in [0.05, 0.1) is 30.1 Å². The summed E-state index contributed by atoms with van der Waals surface area (Å²) in [4.78, 5) is 62.1. The van der Waals surface area contributed by atoms with Crippen LogP contribution in [-0.4, -0.2) is 106 Å². The number of nitrogens with one attached hydrogen (secondary N) is 2. The number of amides is 4. The van der Waals surface area contributed by atoms with Gasteiger partial charge in [0.15, 0.2) is 0 Å². The first-order chi connectivity index (χ1) is 27.2. The lowest BCUT2D eigenvalue weighted by Crippen LogP contribution is -2.66. The highest BCUT2D eigenvalue weighted by atomic mass is 35.5. The number of benzene rings is 1. The van der Waals surface area contributed by atoms with E-state index in [-0.39, 0.29) is 48.9 Å². The van der Waals surface area contributed by atoms with Gasteiger partial charge in [0.1, 0.15) is 35.0 Å². The third-order valence-corrected chi connectivity index (χ3v) is 14.1. The number of sulfonamides is 1. The molecule has 0 radical (unpaired) electrons. The quantitative estimate of drug-likeness (QED) is 0.260. The van der Waals surface area contributed by atoms with Crippen molar-refractivity contribution in [2.45, 2.75) is 120 Å². The lowest BCUT2D eigenvalue weighted by Gasteiger charge is -2.46. The number of allylic oxidation sites excluding steroid dienone is 1. The molecular formula is C39H49ClF3N5O9S. The Morgan fingerprint density at radius 1 is 1.17 bits per heavy atom. The number of fused-ring (bicyclic) bond motifs is 3. The SMILES string of the molecule is CC[C@@H]1C[C@H](C)CC/C=C\[C@@H]2C[C@@]2(C(=O)NS(=O)(=O)C2CC2)NC(=O)[C@@H]2C[C@@H](Oc3ncc(OC)c4c(Cl)cccc34)CN2C(=O)[C@H]1N(C(=O)O)C(C)(C)C(F)(F)F. The summed E-state index contributed by atoms with van der Waals surface area (Å²) in [5.74, 6) is -4.20. The Morgan fingerprint density at radius 3 is 2.50 bits per heavy atom. The highest BCUT2D eigenvalue weighted by molar-refractivity contribution is 7.91. The largest absolute Gasteiger partial charge is 0.494 e. The van der Waals surface area contributed by atoms with Crippen molar-refractivity contribution in [3.8, 4) is 11.6 Å². The summed E-state index contributed by atoms with van der Waals surface area (Å²) in [6.07, 6.45) is -1.34. The van der Waals surface area contributed by atoms with Gasteiger partial charge >= 0.3 is 12.3 Å². The molecule has 6 rings (SSSR count). The second-order valence-corrected chi connectivity index (χ2v) is 18.8. The third kappa shape index (κ3) is 8.27. The maximum atomic E-state index is 15.1. The molecule has 4 aliphatic rings. The fraction of sp³-hybridized carbons (Fsp3) is 0.615. The van der Waals surface area contributed by atoms with Gasteiger partial charge in [-0.05, 0) is 76.3 Å². The third-order valence-electron chi connectivity index (χ3n) is 12.0. The smallest absolute Gasteiger partial charge is 0.411 e. The molecule has 3 N–H and O–H groups in total. The van der Waals surface area contributed by atoms with Crippen molar-refractivity contribution >= 4 is 56.2 Å². The van der Waals surface area contributed by atoms with Gasteiger partial charge < -0.3 is 24.8 Å². The molecule has 2 saturated carbocycles. The van der Waals surface area contributed by atoms with Gasteiger partial charge in [-0.1, -0.05) is 50.1 Å². The van der Waals surface area contributed by atoms with E-state index in [1.54, 1.807) is 31.2 Å². The monoisotopic (exact) mass is 855 g/mol. The number of ether oxygens (including phenoxy) is 2. The van der Waals surface area contributed by atoms with Gasteiger partial charge in [-0.15, -0.1) is 0 Å². The van der Waals surface area contributed by atoms with Crippen molar-refractivity contribution in [3.63, 3.8) is 0 Å². The minimum absolute atomic E-state index is 0.0486. The first-order valence-corrected chi connectivity index (χ1v) is 21.3. The van der Waals surface area contributed by atoms with Crippen molar-refractivity contribution in [2.75, 3.05) is 13.7 Å². The number of pyridine rings is 1. The fourth-order valence-electron chi connectivity index (χ4n) is 8.28. The zero-order valence-corrected chi connectivity index (χ0v) is 34.4. The summed E-state index contributed by atoms with van der Waals surface area (Å²) in [6.45, 7) is 4.54. The van der Waals surface area contributed by atoms with E-state index >= 15 is 4.79 Å². The summed E-state index contributed by atoms with van der Waals surface area (Å²) in [6, 6.07) is 1.57. The van der Waals surface area contributed by atoms with Crippen LogP contribution in [0.25, 0.3) is 10.8 Å². The van der Waals surface area contributed by atoms with Gasteiger partial charge in [-0.3, -0.25) is 24.0 Å². The number of rotatable bonds is 9. The van der Waals surface area contributed by atoms with E-state index in [9.17, 15) is 41.1 Å². The molecule has 0 spiro atoms. The second kappa shape index (κ2) is 16.0. The van der Waals surface area contributed by atoms with Crippen molar-refractivity contribution < 1.29 is 55.3 Å². The van der Waals surface area contributed by atoms with E-state index in [0.717, 1.165) is 4.90 Å². The number of nitrogens with zero attached hydrogens (tertiary/aromatic N) is 3. The molecule has 1 aromatic carbocycles. The zero-order valence-electron chi connectivity index (χ0n) is 32.8. The van der Waals surface area contributed by atoms with Crippen LogP contribution in [0, 0.1) is 17.8 Å². The van der Waals surface area contributed by atoms with Crippen molar-refractivity contribution in [2.24, 2.45) is 17.8 Å². The Kier molecular flexibility index (Phi) is 12.0. The molecule has 3 fully saturated rings. The minimum atomic E-state index is -5.10. The molecule has 14 nitrogen and oxygen atoms in total. The van der Waals surface area contributed by atoms with Gasteiger partial charge in [-0.25, -0.2) is 18.2 Å². The van der Waals surface area contributed by atoms with Crippen LogP contribution in [0.2, 0.25) is 5.02 Å². The average molecular weight is 856 g/mol. The molecule has 19 heteroatoms. The number of carbonyl (C=O) groups is 4. The van der Waals surface area contributed by atoms with Crippen LogP contribution >= 0.6 is 11.6 Å². The standard InChI is InChI=1S/C39H49ClF3N5O9S/c1-6-22-16-21(2)10-7-8-11-23-18-38(23,35(51)46-58(54,55)25-14-15-25)45-32(49)28-17-24(57-33-26-12-9-13-27(40)30(26)29(56-5)19-44-33)20-47(28)34(50)31(22)48(36(52)53)37(3,4)39(41,42)43/h8-9,11-13,19,21-25,28,31H,6-7,10,14-18,20H2,1-5H3,(H,45,49)(H,46,51)(H,52,53)/b11-8-/t21-,22-,23-,24-,28+,31+,38-/m1/s1. The maximum absolute atomic E-state index is 15.1. The van der Waals surface area contributed by atoms with Crippen LogP contribution in [0.5, 0.6) is 11.6 Å². The highest BCUT2D eigenvalue weighted by Gasteiger charge is 2.63. The zero-order chi connectivity index (χ0) is 42.5. The number of alkyl halides is 3. The summed E-state index contributed by atoms with van der Waals surface area (Å²) < 4.78 is 84.1. The maximum Gasteiger partial charge on any atom is 0.411 e. The summed E-state index contributed by atoms with van der Waals surface area (Å²) in [5, 5.41) is 13.7. The van der Waals surface area contributed by atoms with Crippen molar-refractivity contribution in [1.82, 2.24) is 24.8 Å². The lowest BCUT2D eigenvalue weighted by atomic mass is 9.82. The molecule has 7 atom stereocenters. The molecule has 4 amide bonds. The molecule has 0 unspecified atom stereocenters. The lowest BCUT2D eigenvalue weighted by molar-refractivity contribution is -0.222. The van der Waals surface area contributed by atoms with E-state index < -0.39 is 86.4 Å². The number of carboxylic acid groups (broad SMARTS) is 1. The fourth-order valence-corrected chi connectivity index (χ4v) is 9.91. The summed E-state index contributed by atoms with van der Waals surface area (Å²) >= 11 is 6.51. The van der Waals surface area contributed by atoms with Crippen LogP contribution in [0.15, 0.2) is 36.5 Å². The average Bonchev–Trinajstić information content (AvgIpc) is 4.07. The molecule has 1 saturated heterocycles. The first kappa shape index (κ1) is 43.3. The van der Waals surface area contributed by atoms with Crippen LogP contribution in [-0.2, 0) is 24.4 Å². The molecular weight excluding hydrogens is 807 g/mol. The number of hydrogen-bond donors (Lipinski definition) is 3. The Labute approximate surface area is 339 Å². The van der Waals surface area contributed by atoms with E-state index in [1.165, 1.54) is 13.3 Å². The second-order valence-electron chi connectivity index (χ2n) is 16.4. The number of carbonyl (C=O) groups excluding carboxylic acids is 3. The van der Waals surface area contributed by atoms with Crippen molar-refractivity contribution in [1.29, 1.82) is 0 Å². The first-order valence-electron chi connectivity index (χ1n) is 19.4. The summed E-state index contributed by atoms with van der Waals surface area (Å²) in [7, 11) is -2.60. The summed E-state index contributed by atoms with van der Waals surface area (Å²) in [5.41, 5.74) is -4.76. The van der Waals surface area contributed by atoms with Crippen LogP contribution in [0.3, 0.4) is 0 Å². The normalized spacial score (nSPS) is 28.9. The van der Waals surface area contributed by atoms with E-state index in [2.05, 4.69) is 15.0 Å². The predicted octanol–water partition coefficient (Wildman–Crippen LogP) is 5.82. The Balaban J connectivity index is 1.45. The molecule has 1 aromatic heterocycles. The Hall–Kier alpha value is -4.32. The predicted molar refractivity (Wildman–Crippen MR) is 207 cm³/mol. The van der Waals surface area contributed by atoms with E-state index in [1.807, 2.05) is 13.0 Å². The van der Waals surface area contributed by atoms with Gasteiger partial charge in [0.25, 0.3) is 5.91 Å². The van der Waals surface area contributed by atoms with E-state index in [0.29, 0.717) is 61.1 Å². The van der Waals surface area contributed by atoms with Crippen LogP contribution < -0.4 is 19.5 Å². The van der Waals surface area contributed by atoms with Gasteiger partial charge in [0.2, 0.25) is 27.7 Å². The van der Waals surface area contributed by atoms with Crippen molar-refractivity contribution in [3.05, 3.63) is 41.6 Å². The molecule has 2 aliphatic carbocycles. The Morgan fingerprint density at radius 2 is 1.88 bits per heavy atom. The topological polar surface area (TPSA) is 185 Å². The molecule has 3 heterocycles. The molecule has 318 valence electrons. The molecule has 58 heavy (non-hydrogen) atoms. The van der Waals surface area contributed by atoms with Gasteiger partial charge in [0, 0.05) is 23.1 Å². The van der Waals surface area contributed by atoms with Crippen LogP contribution in [0.4, 0.5) is 18.0 Å². The van der Waals surface area contributed by atoms with Crippen LogP contribution in [0.1, 0.15) is 79.1 Å². The Bertz CT molecular complexity index is 2100. The molecule has 2 aromatic rings. The number of halogens is 4. The number of hydrogen-bond acceptors (Lipinski definition) is 9. The van der Waals surface area contributed by atoms with Gasteiger partial charge in [-0.2, -0.15) is 13.2 Å². The number of methoxy groups -OCH3 is 1. The highest BCUT2D eigenvalue weighted by Crippen LogP contribution is 2.47. The minimum Gasteiger partial charge on any atom is -0.494 e. The van der Waals surface area contributed by atoms with E-state index in [4.69, 9.17) is 21.1 Å².